The van der Waals surface area contributed by atoms with Crippen molar-refractivity contribution in [1.29, 1.82) is 0 Å². The van der Waals surface area contributed by atoms with Crippen molar-refractivity contribution in [3.8, 4) is 0 Å². The Kier molecular flexibility index (Phi) is 2.46. The van der Waals surface area contributed by atoms with Crippen molar-refractivity contribution >= 4 is 14.6 Å². The van der Waals surface area contributed by atoms with Crippen molar-refractivity contribution in [2.75, 3.05) is 6.54 Å². The number of hydrogen-bond donors (Lipinski definition) is 0. The number of aliphatic imine (C=N–C) groups is 1. The third-order valence-corrected chi connectivity index (χ3v) is 0.538. The SMILES string of the molecule is B.C1=CCN=C1. The maximum absolute atomic E-state index is 3.85. The van der Waals surface area contributed by atoms with Gasteiger partial charge in [0.2, 0.25) is 0 Å². The van der Waals surface area contributed by atoms with Crippen LogP contribution < -0.4 is 0 Å². The molecule has 1 aliphatic rings. The summed E-state index contributed by atoms with van der Waals surface area (Å²) in [6.45, 7) is 0.889. The monoisotopic (exact) mass is 81.1 g/mol. The van der Waals surface area contributed by atoms with Crippen LogP contribution >= 0.6 is 0 Å². The molecule has 1 aliphatic heterocycles. The first-order chi connectivity index (χ1) is 2.50. The second kappa shape index (κ2) is 2.70. The molecule has 0 unspecified atom stereocenters. The second-order valence-corrected chi connectivity index (χ2v) is 0.942. The predicted octanol–water partition coefficient (Wildman–Crippen LogP) is -0.557. The molecule has 0 aromatic heterocycles. The molecule has 1 nitrogen and oxygen atoms in total. The Bertz CT molecular complexity index is 65.6. The van der Waals surface area contributed by atoms with E-state index in [2.05, 4.69) is 4.99 Å². The molecule has 2 heteroatoms. The molecule has 0 N–H and O–H groups in total. The standard InChI is InChI=1S/C4H5N.BH3/c1-2-4-5-3-1;/h1-3H,4H2;1H3. The fraction of sp³-hybridized carbons (Fsp3) is 0.250. The third-order valence-electron chi connectivity index (χ3n) is 0.538. The molecular formula is C4H8BN. The summed E-state index contributed by atoms with van der Waals surface area (Å²) in [6, 6.07) is 0. The zero-order chi connectivity index (χ0) is 3.54. The van der Waals surface area contributed by atoms with Crippen LogP contribution in [0.15, 0.2) is 17.1 Å². The van der Waals surface area contributed by atoms with Gasteiger partial charge in [0.05, 0.1) is 15.0 Å². The van der Waals surface area contributed by atoms with Crippen molar-refractivity contribution in [3.05, 3.63) is 12.2 Å². The lowest BCUT2D eigenvalue weighted by Gasteiger charge is -1.60. The smallest absolute Gasteiger partial charge is 0.0814 e. The van der Waals surface area contributed by atoms with Crippen molar-refractivity contribution < 1.29 is 0 Å². The summed E-state index contributed by atoms with van der Waals surface area (Å²) < 4.78 is 0. The van der Waals surface area contributed by atoms with E-state index in [9.17, 15) is 0 Å². The minimum Gasteiger partial charge on any atom is -0.289 e. The topological polar surface area (TPSA) is 12.4 Å². The second-order valence-electron chi connectivity index (χ2n) is 0.942. The molecule has 0 radical (unpaired) electrons. The summed E-state index contributed by atoms with van der Waals surface area (Å²) in [5, 5.41) is 0. The first-order valence-corrected chi connectivity index (χ1v) is 1.65. The Balaban J connectivity index is 0.000000250. The van der Waals surface area contributed by atoms with Crippen LogP contribution in [0.3, 0.4) is 0 Å². The maximum Gasteiger partial charge on any atom is 0.0814 e. The van der Waals surface area contributed by atoms with Crippen molar-refractivity contribution in [2.24, 2.45) is 4.99 Å². The van der Waals surface area contributed by atoms with Gasteiger partial charge in [0.1, 0.15) is 0 Å². The largest absolute Gasteiger partial charge is 0.289 e. The predicted molar refractivity (Wildman–Crippen MR) is 32.4 cm³/mol. The molecule has 0 aromatic rings. The molecule has 0 aromatic carbocycles. The van der Waals surface area contributed by atoms with E-state index in [0.29, 0.717) is 0 Å². The third kappa shape index (κ3) is 1.06. The van der Waals surface area contributed by atoms with Crippen LogP contribution in [0.5, 0.6) is 0 Å². The molecule has 1 rings (SSSR count). The molecule has 0 fully saturated rings. The maximum atomic E-state index is 3.85. The summed E-state index contributed by atoms with van der Waals surface area (Å²) in [6.07, 6.45) is 5.76. The van der Waals surface area contributed by atoms with Gasteiger partial charge < -0.3 is 0 Å². The Morgan fingerprint density at radius 2 is 2.33 bits per heavy atom. The molecule has 32 valence electrons. The van der Waals surface area contributed by atoms with Crippen molar-refractivity contribution in [2.45, 2.75) is 0 Å². The molecule has 0 saturated heterocycles. The van der Waals surface area contributed by atoms with E-state index in [1.807, 2.05) is 12.2 Å². The Hall–Kier alpha value is -0.525. The minimum absolute atomic E-state index is 0. The van der Waals surface area contributed by atoms with Gasteiger partial charge in [-0.05, 0) is 6.08 Å². The zero-order valence-corrected chi connectivity index (χ0v) is 2.89. The van der Waals surface area contributed by atoms with E-state index >= 15 is 0 Å². The molecule has 0 amide bonds. The van der Waals surface area contributed by atoms with E-state index in [-0.39, 0.29) is 8.41 Å². The average Bonchev–Trinajstić information content (AvgIpc) is 1.76. The van der Waals surface area contributed by atoms with E-state index in [0.717, 1.165) is 6.54 Å². The summed E-state index contributed by atoms with van der Waals surface area (Å²) in [4.78, 5) is 3.85. The van der Waals surface area contributed by atoms with Crippen LogP contribution in [-0.2, 0) is 0 Å². The highest BCUT2D eigenvalue weighted by atomic mass is 14.7. The first-order valence-electron chi connectivity index (χ1n) is 1.65. The van der Waals surface area contributed by atoms with Gasteiger partial charge in [0.15, 0.2) is 0 Å². The van der Waals surface area contributed by atoms with Crippen molar-refractivity contribution in [1.82, 2.24) is 0 Å². The number of rotatable bonds is 0. The fourth-order valence-electron chi connectivity index (χ4n) is 0.304. The van der Waals surface area contributed by atoms with Crippen LogP contribution in [0.1, 0.15) is 0 Å². The Labute approximate surface area is 39.4 Å². The van der Waals surface area contributed by atoms with Gasteiger partial charge in [-0.2, -0.15) is 0 Å². The molecular weight excluding hydrogens is 72.9 g/mol. The highest BCUT2D eigenvalue weighted by Gasteiger charge is 1.72. The lowest BCUT2D eigenvalue weighted by molar-refractivity contribution is 1.29. The van der Waals surface area contributed by atoms with E-state index in [4.69, 9.17) is 0 Å². The molecule has 0 saturated carbocycles. The van der Waals surface area contributed by atoms with Crippen LogP contribution in [0.2, 0.25) is 0 Å². The summed E-state index contributed by atoms with van der Waals surface area (Å²) in [5.74, 6) is 0. The van der Waals surface area contributed by atoms with Gasteiger partial charge in [0, 0.05) is 6.21 Å². The van der Waals surface area contributed by atoms with Gasteiger partial charge in [-0.15, -0.1) is 0 Å². The van der Waals surface area contributed by atoms with Gasteiger partial charge in [-0.25, -0.2) is 0 Å². The normalized spacial score (nSPS) is 14.7. The summed E-state index contributed by atoms with van der Waals surface area (Å²) in [5.41, 5.74) is 0. The highest BCUT2D eigenvalue weighted by molar-refractivity contribution is 5.75. The first kappa shape index (κ1) is 5.47. The van der Waals surface area contributed by atoms with Gasteiger partial charge in [-0.3, -0.25) is 4.99 Å². The zero-order valence-electron chi connectivity index (χ0n) is 2.89. The summed E-state index contributed by atoms with van der Waals surface area (Å²) in [7, 11) is 0. The van der Waals surface area contributed by atoms with Gasteiger partial charge in [0.25, 0.3) is 0 Å². The van der Waals surface area contributed by atoms with E-state index < -0.39 is 0 Å². The molecule has 0 bridgehead atoms. The van der Waals surface area contributed by atoms with Crippen molar-refractivity contribution in [3.63, 3.8) is 0 Å². The molecule has 6 heavy (non-hydrogen) atoms. The van der Waals surface area contributed by atoms with Gasteiger partial charge in [-0.1, -0.05) is 6.08 Å². The molecule has 0 atom stereocenters. The van der Waals surface area contributed by atoms with Crippen LogP contribution in [0.4, 0.5) is 0 Å². The molecule has 0 aliphatic carbocycles. The van der Waals surface area contributed by atoms with E-state index in [1.165, 1.54) is 0 Å². The summed E-state index contributed by atoms with van der Waals surface area (Å²) >= 11 is 0. The number of allylic oxidation sites excluding steroid dienone is 1. The average molecular weight is 80.9 g/mol. The lowest BCUT2D eigenvalue weighted by Crippen LogP contribution is -1.54. The molecule has 1 heterocycles. The minimum atomic E-state index is 0. The lowest BCUT2D eigenvalue weighted by atomic mass is 10.6. The highest BCUT2D eigenvalue weighted by Crippen LogP contribution is 1.78. The van der Waals surface area contributed by atoms with Crippen LogP contribution in [0.25, 0.3) is 0 Å². The number of nitrogens with zero attached hydrogens (tertiary/aromatic N) is 1. The Morgan fingerprint density at radius 1 is 1.50 bits per heavy atom. The number of hydrogen-bond acceptors (Lipinski definition) is 1. The van der Waals surface area contributed by atoms with E-state index in [1.54, 1.807) is 6.21 Å². The van der Waals surface area contributed by atoms with Crippen LogP contribution in [-0.4, -0.2) is 21.2 Å². The fourth-order valence-corrected chi connectivity index (χ4v) is 0.304. The molecule has 0 spiro atoms. The van der Waals surface area contributed by atoms with Crippen LogP contribution in [0, 0.1) is 0 Å². The Morgan fingerprint density at radius 3 is 2.50 bits per heavy atom. The van der Waals surface area contributed by atoms with Gasteiger partial charge >= 0.3 is 0 Å². The quantitative estimate of drug-likeness (QED) is 0.346.